The van der Waals surface area contributed by atoms with Crippen molar-refractivity contribution in [2.75, 3.05) is 30.9 Å². The highest BCUT2D eigenvalue weighted by Crippen LogP contribution is 2.19. The van der Waals surface area contributed by atoms with Gasteiger partial charge in [-0.25, -0.2) is 4.79 Å². The number of amides is 3. The van der Waals surface area contributed by atoms with Crippen LogP contribution in [0.5, 0.6) is 0 Å². The van der Waals surface area contributed by atoms with Gasteiger partial charge in [-0.3, -0.25) is 19.4 Å². The van der Waals surface area contributed by atoms with E-state index in [1.807, 2.05) is 6.26 Å². The Morgan fingerprint density at radius 1 is 1.21 bits per heavy atom. The normalized spacial score (nSPS) is 18.2. The number of carboxylic acid groups (broad SMARTS) is 1. The van der Waals surface area contributed by atoms with E-state index in [1.165, 1.54) is 16.7 Å². The number of carbonyl (C=O) groups excluding carboxylic acids is 3. The Morgan fingerprint density at radius 2 is 1.91 bits per heavy atom. The van der Waals surface area contributed by atoms with Crippen LogP contribution in [0, 0.1) is 0 Å². The van der Waals surface area contributed by atoms with Crippen molar-refractivity contribution in [2.45, 2.75) is 56.3 Å². The second-order valence-electron chi connectivity index (χ2n) is 7.67. The number of rotatable bonds is 14. The number of thioether (sulfide) groups is 1. The van der Waals surface area contributed by atoms with E-state index in [4.69, 9.17) is 17.2 Å². The molecular weight excluding hydrogens is 470 g/mol. The second-order valence-corrected chi connectivity index (χ2v) is 9.02. The zero-order chi connectivity index (χ0) is 25.0. The minimum Gasteiger partial charge on any atom is -0.480 e. The topological polar surface area (TPSA) is 206 Å². The maximum Gasteiger partial charge on any atom is 0.326 e. The number of guanidine groups is 1. The molecule has 1 saturated heterocycles. The summed E-state index contributed by atoms with van der Waals surface area (Å²) in [5.41, 5.74) is 16.3. The summed E-state index contributed by atoms with van der Waals surface area (Å²) < 4.78 is 0. The van der Waals surface area contributed by atoms with E-state index in [9.17, 15) is 24.3 Å². The summed E-state index contributed by atoms with van der Waals surface area (Å²) in [5, 5.41) is 14.6. The van der Waals surface area contributed by atoms with Gasteiger partial charge in [0.25, 0.3) is 0 Å². The number of nitrogens with one attached hydrogen (secondary N) is 2. The summed E-state index contributed by atoms with van der Waals surface area (Å²) in [5.74, 6) is -2.00. The Labute approximate surface area is 203 Å². The van der Waals surface area contributed by atoms with Crippen LogP contribution in [0.25, 0.3) is 0 Å². The number of carbonyl (C=O) groups is 4. The zero-order valence-electron chi connectivity index (χ0n) is 18.7. The first kappa shape index (κ1) is 28.8. The van der Waals surface area contributed by atoms with Crippen molar-refractivity contribution in [3.63, 3.8) is 0 Å². The molecule has 0 aromatic carbocycles. The Kier molecular flexibility index (Phi) is 13.0. The van der Waals surface area contributed by atoms with E-state index in [0.29, 0.717) is 38.0 Å². The second kappa shape index (κ2) is 14.9. The summed E-state index contributed by atoms with van der Waals surface area (Å²) in [6, 6.07) is -3.64. The van der Waals surface area contributed by atoms with Crippen molar-refractivity contribution in [1.29, 1.82) is 0 Å². The predicted octanol–water partition coefficient (Wildman–Crippen LogP) is -1.90. The van der Waals surface area contributed by atoms with Crippen LogP contribution in [0.3, 0.4) is 0 Å². The molecule has 0 aromatic rings. The van der Waals surface area contributed by atoms with Gasteiger partial charge in [-0.1, -0.05) is 0 Å². The molecule has 0 spiro atoms. The molecule has 12 nitrogen and oxygen atoms in total. The highest BCUT2D eigenvalue weighted by Gasteiger charge is 2.37. The standard InChI is InChI=1S/C19H35N7O5S2/c1-33-9-6-12(15(27)25-13(18(30)31)4-2-7-23-19(21)22)24-16(28)14-5-3-8-26(14)17(29)11(20)10-32/h11-14,32H,2-10,20H2,1H3,(H,24,28)(H,25,27)(H,30,31)(H4,21,22,23). The van der Waals surface area contributed by atoms with Gasteiger partial charge in [-0.2, -0.15) is 24.4 Å². The lowest BCUT2D eigenvalue weighted by molar-refractivity contribution is -0.143. The minimum atomic E-state index is -1.20. The number of likely N-dealkylation sites (tertiary alicyclic amines) is 1. The average molecular weight is 506 g/mol. The van der Waals surface area contributed by atoms with Gasteiger partial charge >= 0.3 is 5.97 Å². The Morgan fingerprint density at radius 3 is 2.48 bits per heavy atom. The first-order chi connectivity index (χ1) is 15.6. The van der Waals surface area contributed by atoms with Crippen LogP contribution in [0.2, 0.25) is 0 Å². The number of carboxylic acids is 1. The number of hydrogen-bond acceptors (Lipinski definition) is 8. The van der Waals surface area contributed by atoms with Gasteiger partial charge in [0.1, 0.15) is 18.1 Å². The molecular formula is C19H35N7O5S2. The molecule has 1 fully saturated rings. The molecule has 1 aliphatic rings. The van der Waals surface area contributed by atoms with Crippen LogP contribution in [0.4, 0.5) is 0 Å². The van der Waals surface area contributed by atoms with Gasteiger partial charge in [0.05, 0.1) is 6.04 Å². The third kappa shape index (κ3) is 9.68. The van der Waals surface area contributed by atoms with Gasteiger partial charge in [0, 0.05) is 18.8 Å². The Balaban J connectivity index is 2.83. The molecule has 0 saturated carbocycles. The van der Waals surface area contributed by atoms with E-state index >= 15 is 0 Å². The van der Waals surface area contributed by atoms with Crippen molar-refractivity contribution in [3.05, 3.63) is 0 Å². The van der Waals surface area contributed by atoms with Crippen molar-refractivity contribution in [3.8, 4) is 0 Å². The SMILES string of the molecule is CSCCC(NC(=O)C1CCCN1C(=O)C(N)CS)C(=O)NC(CCCN=C(N)N)C(=O)O. The van der Waals surface area contributed by atoms with Crippen LogP contribution in [0.15, 0.2) is 4.99 Å². The quantitative estimate of drug-likeness (QED) is 0.0608. The third-order valence-electron chi connectivity index (χ3n) is 5.16. The number of nitrogens with zero attached hydrogens (tertiary/aromatic N) is 2. The molecule has 0 bridgehead atoms. The van der Waals surface area contributed by atoms with Gasteiger partial charge in [-0.15, -0.1) is 0 Å². The molecule has 3 amide bonds. The van der Waals surface area contributed by atoms with Crippen molar-refractivity contribution < 1.29 is 24.3 Å². The van der Waals surface area contributed by atoms with E-state index in [1.54, 1.807) is 0 Å². The van der Waals surface area contributed by atoms with E-state index in [0.717, 1.165) is 0 Å². The summed E-state index contributed by atoms with van der Waals surface area (Å²) in [6.45, 7) is 0.631. The molecule has 0 radical (unpaired) electrons. The maximum absolute atomic E-state index is 12.9. The van der Waals surface area contributed by atoms with E-state index in [2.05, 4.69) is 28.3 Å². The number of hydrogen-bond donors (Lipinski definition) is 7. The fourth-order valence-electron chi connectivity index (χ4n) is 3.40. The lowest BCUT2D eigenvalue weighted by atomic mass is 10.1. The number of thiol groups is 1. The number of aliphatic imine (C=N–C) groups is 1. The number of nitrogens with two attached hydrogens (primary N) is 3. The molecule has 1 rings (SSSR count). The summed E-state index contributed by atoms with van der Waals surface area (Å²) in [6.07, 6.45) is 3.72. The molecule has 0 aliphatic carbocycles. The molecule has 1 heterocycles. The van der Waals surface area contributed by atoms with E-state index < -0.39 is 42.0 Å². The largest absolute Gasteiger partial charge is 0.480 e. The Hall–Kier alpha value is -2.19. The smallest absolute Gasteiger partial charge is 0.326 e. The van der Waals surface area contributed by atoms with Crippen LogP contribution in [-0.2, 0) is 19.2 Å². The first-order valence-electron chi connectivity index (χ1n) is 10.7. The highest BCUT2D eigenvalue weighted by molar-refractivity contribution is 7.98. The molecule has 0 aromatic heterocycles. The molecule has 33 heavy (non-hydrogen) atoms. The molecule has 14 heteroatoms. The average Bonchev–Trinajstić information content (AvgIpc) is 3.26. The van der Waals surface area contributed by atoms with Crippen LogP contribution in [0.1, 0.15) is 32.1 Å². The fraction of sp³-hybridized carbons (Fsp3) is 0.737. The summed E-state index contributed by atoms with van der Waals surface area (Å²) in [7, 11) is 0. The molecule has 9 N–H and O–H groups in total. The van der Waals surface area contributed by atoms with E-state index in [-0.39, 0.29) is 30.6 Å². The summed E-state index contributed by atoms with van der Waals surface area (Å²) >= 11 is 5.53. The minimum absolute atomic E-state index is 0.0967. The van der Waals surface area contributed by atoms with Crippen LogP contribution in [-0.4, -0.2) is 94.7 Å². The maximum atomic E-state index is 12.9. The molecule has 4 atom stereocenters. The lowest BCUT2D eigenvalue weighted by Crippen LogP contribution is -2.56. The third-order valence-corrected chi connectivity index (χ3v) is 6.19. The monoisotopic (exact) mass is 505 g/mol. The van der Waals surface area contributed by atoms with Crippen LogP contribution >= 0.6 is 24.4 Å². The Bertz CT molecular complexity index is 721. The predicted molar refractivity (Wildman–Crippen MR) is 131 cm³/mol. The molecule has 188 valence electrons. The summed E-state index contributed by atoms with van der Waals surface area (Å²) in [4.78, 5) is 55.1. The van der Waals surface area contributed by atoms with Gasteiger partial charge in [-0.05, 0) is 44.1 Å². The van der Waals surface area contributed by atoms with Crippen LogP contribution < -0.4 is 27.8 Å². The lowest BCUT2D eigenvalue weighted by Gasteiger charge is -2.28. The van der Waals surface area contributed by atoms with Crippen molar-refractivity contribution in [1.82, 2.24) is 15.5 Å². The van der Waals surface area contributed by atoms with Crippen molar-refractivity contribution >= 4 is 54.0 Å². The fourth-order valence-corrected chi connectivity index (χ4v) is 4.03. The zero-order valence-corrected chi connectivity index (χ0v) is 20.4. The molecule has 4 unspecified atom stereocenters. The van der Waals surface area contributed by atoms with Gasteiger partial charge < -0.3 is 37.8 Å². The van der Waals surface area contributed by atoms with Gasteiger partial charge in [0.15, 0.2) is 5.96 Å². The van der Waals surface area contributed by atoms with Crippen molar-refractivity contribution in [2.24, 2.45) is 22.2 Å². The first-order valence-corrected chi connectivity index (χ1v) is 12.7. The molecule has 1 aliphatic heterocycles. The number of aliphatic carboxylic acids is 1. The van der Waals surface area contributed by atoms with Gasteiger partial charge in [0.2, 0.25) is 17.7 Å². The highest BCUT2D eigenvalue weighted by atomic mass is 32.2.